The number of hydrogen-bond donors (Lipinski definition) is 2. The molecule has 124 valence electrons. The van der Waals surface area contributed by atoms with E-state index in [1.165, 1.54) is 11.8 Å². The van der Waals surface area contributed by atoms with Gasteiger partial charge in [0.2, 0.25) is 12.1 Å². The molecule has 2 amide bonds. The van der Waals surface area contributed by atoms with Gasteiger partial charge in [0.15, 0.2) is 0 Å². The largest absolute Gasteiger partial charge is 0.428 e. The number of hydrogen-bond acceptors (Lipinski definition) is 5. The lowest BCUT2D eigenvalue weighted by Crippen LogP contribution is -2.33. The average molecular weight is 320 g/mol. The summed E-state index contributed by atoms with van der Waals surface area (Å²) in [5.74, 6) is -0.287. The van der Waals surface area contributed by atoms with Gasteiger partial charge in [-0.3, -0.25) is 4.79 Å². The number of fused-ring (bicyclic) bond motifs is 1. The van der Waals surface area contributed by atoms with Crippen molar-refractivity contribution in [1.29, 1.82) is 0 Å². The predicted octanol–water partition coefficient (Wildman–Crippen LogP) is 1.85. The lowest BCUT2D eigenvalue weighted by Gasteiger charge is -2.14. The highest BCUT2D eigenvalue weighted by atomic mass is 16.7. The second kappa shape index (κ2) is 7.59. The van der Waals surface area contributed by atoms with Crippen molar-refractivity contribution in [2.24, 2.45) is 0 Å². The Morgan fingerprint density at radius 1 is 1.35 bits per heavy atom. The van der Waals surface area contributed by atoms with Crippen molar-refractivity contribution < 1.29 is 19.1 Å². The summed E-state index contributed by atoms with van der Waals surface area (Å²) in [5.41, 5.74) is 3.69. The van der Waals surface area contributed by atoms with Gasteiger partial charge < -0.3 is 14.8 Å². The number of imidazole rings is 1. The summed E-state index contributed by atoms with van der Waals surface area (Å²) in [6, 6.07) is 7.10. The quantitative estimate of drug-likeness (QED) is 0.792. The Hall–Kier alpha value is -2.61. The molecular weight excluding hydrogens is 300 g/mol. The van der Waals surface area contributed by atoms with Gasteiger partial charge >= 0.3 is 6.09 Å². The first-order valence-electron chi connectivity index (χ1n) is 7.33. The SMILES string of the molecule is CCCNC(=O)c1nc2ccccc2n1NC(=O)OC(C)OC. The fourth-order valence-corrected chi connectivity index (χ4v) is 1.93. The van der Waals surface area contributed by atoms with Crippen LogP contribution < -0.4 is 10.7 Å². The first-order valence-corrected chi connectivity index (χ1v) is 7.33. The Bertz CT molecular complexity index is 698. The highest BCUT2D eigenvalue weighted by molar-refractivity contribution is 5.96. The maximum absolute atomic E-state index is 12.2. The second-order valence-corrected chi connectivity index (χ2v) is 4.84. The molecule has 0 fully saturated rings. The molecule has 2 N–H and O–H groups in total. The van der Waals surface area contributed by atoms with E-state index in [2.05, 4.69) is 15.7 Å². The monoisotopic (exact) mass is 320 g/mol. The smallest absolute Gasteiger partial charge is 0.419 e. The molecule has 0 bridgehead atoms. The highest BCUT2D eigenvalue weighted by Crippen LogP contribution is 2.14. The summed E-state index contributed by atoms with van der Waals surface area (Å²) in [6.07, 6.45) is -0.651. The number of rotatable bonds is 6. The molecule has 1 atom stereocenters. The van der Waals surface area contributed by atoms with Gasteiger partial charge in [0, 0.05) is 13.7 Å². The molecule has 2 aromatic rings. The fraction of sp³-hybridized carbons (Fsp3) is 0.400. The van der Waals surface area contributed by atoms with Gasteiger partial charge in [-0.05, 0) is 25.5 Å². The van der Waals surface area contributed by atoms with Crippen LogP contribution in [0.4, 0.5) is 4.79 Å². The van der Waals surface area contributed by atoms with Crippen LogP contribution in [0.25, 0.3) is 11.0 Å². The summed E-state index contributed by atoms with van der Waals surface area (Å²) < 4.78 is 11.2. The van der Waals surface area contributed by atoms with E-state index in [-0.39, 0.29) is 11.7 Å². The normalized spacial score (nSPS) is 12.0. The molecule has 0 saturated carbocycles. The molecule has 1 unspecified atom stereocenters. The number of benzene rings is 1. The van der Waals surface area contributed by atoms with E-state index in [1.807, 2.05) is 6.92 Å². The summed E-state index contributed by atoms with van der Waals surface area (Å²) >= 11 is 0. The maximum atomic E-state index is 12.2. The summed E-state index contributed by atoms with van der Waals surface area (Å²) in [4.78, 5) is 28.4. The number of aromatic nitrogens is 2. The van der Waals surface area contributed by atoms with Crippen molar-refractivity contribution in [3.8, 4) is 0 Å². The number of nitrogens with zero attached hydrogens (tertiary/aromatic N) is 2. The van der Waals surface area contributed by atoms with E-state index < -0.39 is 12.4 Å². The number of amides is 2. The first kappa shape index (κ1) is 16.8. The number of methoxy groups -OCH3 is 1. The van der Waals surface area contributed by atoms with E-state index in [4.69, 9.17) is 9.47 Å². The Morgan fingerprint density at radius 3 is 2.78 bits per heavy atom. The molecule has 0 radical (unpaired) electrons. The molecule has 1 aromatic carbocycles. The van der Waals surface area contributed by atoms with Crippen LogP contribution in [0, 0.1) is 0 Å². The lowest BCUT2D eigenvalue weighted by atomic mass is 10.3. The Morgan fingerprint density at radius 2 is 2.09 bits per heavy atom. The van der Waals surface area contributed by atoms with Crippen LogP contribution in [0.15, 0.2) is 24.3 Å². The van der Waals surface area contributed by atoms with Gasteiger partial charge in [-0.1, -0.05) is 19.1 Å². The van der Waals surface area contributed by atoms with E-state index in [0.29, 0.717) is 17.6 Å². The van der Waals surface area contributed by atoms with Crippen molar-refractivity contribution in [3.05, 3.63) is 30.1 Å². The zero-order valence-corrected chi connectivity index (χ0v) is 13.3. The van der Waals surface area contributed by atoms with Crippen molar-refractivity contribution >= 4 is 23.0 Å². The minimum atomic E-state index is -0.743. The molecule has 0 aliphatic heterocycles. The standard InChI is InChI=1S/C15H20N4O4/c1-4-9-16-14(20)13-17-11-7-5-6-8-12(11)19(13)18-15(21)23-10(2)22-3/h5-8,10H,4,9H2,1-3H3,(H,16,20)(H,18,21). The molecule has 2 rings (SSSR count). The van der Waals surface area contributed by atoms with Crippen LogP contribution in [0.5, 0.6) is 0 Å². The topological polar surface area (TPSA) is 94.5 Å². The van der Waals surface area contributed by atoms with Gasteiger partial charge in [-0.15, -0.1) is 0 Å². The van der Waals surface area contributed by atoms with Gasteiger partial charge in [0.05, 0.1) is 11.0 Å². The minimum absolute atomic E-state index is 0.0849. The number of para-hydroxylation sites is 2. The van der Waals surface area contributed by atoms with E-state index in [1.54, 1.807) is 31.2 Å². The average Bonchev–Trinajstić information content (AvgIpc) is 2.91. The summed E-state index contributed by atoms with van der Waals surface area (Å²) in [5, 5.41) is 2.74. The van der Waals surface area contributed by atoms with Crippen molar-refractivity contribution in [2.45, 2.75) is 26.6 Å². The Balaban J connectivity index is 2.31. The molecular formula is C15H20N4O4. The van der Waals surface area contributed by atoms with Crippen LogP contribution in [0.3, 0.4) is 0 Å². The zero-order valence-electron chi connectivity index (χ0n) is 13.3. The van der Waals surface area contributed by atoms with Crippen LogP contribution in [-0.2, 0) is 9.47 Å². The highest BCUT2D eigenvalue weighted by Gasteiger charge is 2.19. The van der Waals surface area contributed by atoms with E-state index in [9.17, 15) is 9.59 Å². The second-order valence-electron chi connectivity index (χ2n) is 4.84. The zero-order chi connectivity index (χ0) is 16.8. The van der Waals surface area contributed by atoms with Crippen LogP contribution >= 0.6 is 0 Å². The third kappa shape index (κ3) is 3.98. The van der Waals surface area contributed by atoms with Crippen LogP contribution in [0.2, 0.25) is 0 Å². The fourth-order valence-electron chi connectivity index (χ4n) is 1.93. The number of ether oxygens (including phenoxy) is 2. The van der Waals surface area contributed by atoms with Gasteiger partial charge in [-0.25, -0.2) is 19.9 Å². The van der Waals surface area contributed by atoms with Crippen LogP contribution in [-0.4, -0.2) is 41.6 Å². The van der Waals surface area contributed by atoms with Gasteiger partial charge in [0.1, 0.15) is 0 Å². The van der Waals surface area contributed by atoms with Crippen molar-refractivity contribution in [1.82, 2.24) is 15.0 Å². The van der Waals surface area contributed by atoms with E-state index >= 15 is 0 Å². The Kier molecular flexibility index (Phi) is 5.53. The lowest BCUT2D eigenvalue weighted by molar-refractivity contribution is -0.0637. The molecule has 23 heavy (non-hydrogen) atoms. The van der Waals surface area contributed by atoms with Crippen molar-refractivity contribution in [3.63, 3.8) is 0 Å². The maximum Gasteiger partial charge on any atom is 0.428 e. The molecule has 8 heteroatoms. The molecule has 0 spiro atoms. The third-order valence-corrected chi connectivity index (χ3v) is 3.11. The van der Waals surface area contributed by atoms with Crippen LogP contribution in [0.1, 0.15) is 30.9 Å². The minimum Gasteiger partial charge on any atom is -0.419 e. The van der Waals surface area contributed by atoms with E-state index in [0.717, 1.165) is 6.42 Å². The molecule has 0 saturated heterocycles. The number of nitrogens with one attached hydrogen (secondary N) is 2. The number of carbonyl (C=O) groups is 2. The van der Waals surface area contributed by atoms with Gasteiger partial charge in [-0.2, -0.15) is 0 Å². The summed E-state index contributed by atoms with van der Waals surface area (Å²) in [7, 11) is 1.42. The molecule has 0 aliphatic carbocycles. The first-order chi connectivity index (χ1) is 11.1. The Labute approximate surface area is 133 Å². The van der Waals surface area contributed by atoms with Gasteiger partial charge in [0.25, 0.3) is 5.91 Å². The third-order valence-electron chi connectivity index (χ3n) is 3.11. The predicted molar refractivity (Wildman–Crippen MR) is 84.7 cm³/mol. The summed E-state index contributed by atoms with van der Waals surface area (Å²) in [6.45, 7) is 4.05. The molecule has 0 aliphatic rings. The molecule has 1 heterocycles. The van der Waals surface area contributed by atoms with Crippen molar-refractivity contribution in [2.75, 3.05) is 19.1 Å². The number of carbonyl (C=O) groups excluding carboxylic acids is 2. The molecule has 8 nitrogen and oxygen atoms in total. The molecule has 1 aromatic heterocycles.